The highest BCUT2D eigenvalue weighted by Crippen LogP contribution is 2.23. The van der Waals surface area contributed by atoms with Crippen LogP contribution in [-0.2, 0) is 4.79 Å². The molecule has 2 amide bonds. The fourth-order valence-corrected chi connectivity index (χ4v) is 3.94. The zero-order chi connectivity index (χ0) is 19.2. The summed E-state index contributed by atoms with van der Waals surface area (Å²) in [6.07, 6.45) is 8.42. The summed E-state index contributed by atoms with van der Waals surface area (Å²) >= 11 is 0. The molecule has 1 saturated heterocycles. The Bertz CT molecular complexity index is 688. The monoisotopic (exact) mass is 370 g/mol. The molecule has 0 bridgehead atoms. The van der Waals surface area contributed by atoms with Crippen molar-refractivity contribution in [3.63, 3.8) is 0 Å². The molecule has 1 aliphatic carbocycles. The molecule has 1 heterocycles. The number of carbonyl (C=O) groups excluding carboxylic acids is 2. The molecule has 1 N–H and O–H groups in total. The lowest BCUT2D eigenvalue weighted by atomic mass is 9.92. The van der Waals surface area contributed by atoms with Gasteiger partial charge in [0.1, 0.15) is 5.75 Å². The highest BCUT2D eigenvalue weighted by molar-refractivity contribution is 5.94. The van der Waals surface area contributed by atoms with Gasteiger partial charge in [-0.15, -0.1) is 0 Å². The summed E-state index contributed by atoms with van der Waals surface area (Å²) in [7, 11) is 1.61. The Morgan fingerprint density at radius 3 is 2.44 bits per heavy atom. The van der Waals surface area contributed by atoms with E-state index in [9.17, 15) is 9.59 Å². The summed E-state index contributed by atoms with van der Waals surface area (Å²) < 4.78 is 5.14. The van der Waals surface area contributed by atoms with Crippen molar-refractivity contribution >= 4 is 11.8 Å². The highest BCUT2D eigenvalue weighted by atomic mass is 16.5. The predicted molar refractivity (Wildman–Crippen MR) is 106 cm³/mol. The van der Waals surface area contributed by atoms with Crippen LogP contribution in [0.1, 0.15) is 55.8 Å². The number of nitrogens with one attached hydrogen (secondary N) is 1. The van der Waals surface area contributed by atoms with Gasteiger partial charge in [-0.1, -0.05) is 11.6 Å². The average molecular weight is 370 g/mol. The van der Waals surface area contributed by atoms with Gasteiger partial charge >= 0.3 is 0 Å². The van der Waals surface area contributed by atoms with Crippen LogP contribution in [0, 0.1) is 5.92 Å². The largest absolute Gasteiger partial charge is 0.497 e. The molecule has 1 aliphatic heterocycles. The van der Waals surface area contributed by atoms with Gasteiger partial charge in [-0.05, 0) is 69.7 Å². The van der Waals surface area contributed by atoms with E-state index in [0.29, 0.717) is 18.7 Å². The van der Waals surface area contributed by atoms with Crippen molar-refractivity contribution in [2.45, 2.75) is 51.5 Å². The molecule has 3 rings (SSSR count). The van der Waals surface area contributed by atoms with Crippen LogP contribution in [0.15, 0.2) is 35.9 Å². The van der Waals surface area contributed by atoms with E-state index in [2.05, 4.69) is 18.3 Å². The molecule has 1 atom stereocenters. The number of methoxy groups -OCH3 is 1. The zero-order valence-electron chi connectivity index (χ0n) is 16.4. The normalized spacial score (nSPS) is 19.2. The molecule has 5 nitrogen and oxygen atoms in total. The highest BCUT2D eigenvalue weighted by Gasteiger charge is 2.28. The number of amides is 2. The maximum absolute atomic E-state index is 12.6. The van der Waals surface area contributed by atoms with Crippen molar-refractivity contribution in [1.29, 1.82) is 0 Å². The lowest BCUT2D eigenvalue weighted by molar-refractivity contribution is -0.126. The molecular weight excluding hydrogens is 340 g/mol. The number of carbonyl (C=O) groups is 2. The Kier molecular flexibility index (Phi) is 6.54. The van der Waals surface area contributed by atoms with Crippen molar-refractivity contribution in [3.05, 3.63) is 41.5 Å². The number of hydrogen-bond donors (Lipinski definition) is 1. The van der Waals surface area contributed by atoms with E-state index in [0.717, 1.165) is 31.4 Å². The van der Waals surface area contributed by atoms with Crippen molar-refractivity contribution in [2.75, 3.05) is 20.2 Å². The number of piperidine rings is 1. The van der Waals surface area contributed by atoms with E-state index in [4.69, 9.17) is 4.74 Å². The Morgan fingerprint density at radius 2 is 1.85 bits per heavy atom. The van der Waals surface area contributed by atoms with E-state index in [1.807, 2.05) is 4.90 Å². The van der Waals surface area contributed by atoms with Gasteiger partial charge in [0.05, 0.1) is 7.11 Å². The molecule has 1 fully saturated rings. The van der Waals surface area contributed by atoms with Crippen molar-refractivity contribution < 1.29 is 14.3 Å². The van der Waals surface area contributed by atoms with Crippen LogP contribution in [0.4, 0.5) is 0 Å². The minimum atomic E-state index is -0.00319. The molecule has 27 heavy (non-hydrogen) atoms. The van der Waals surface area contributed by atoms with Crippen LogP contribution in [0.3, 0.4) is 0 Å². The van der Waals surface area contributed by atoms with E-state index >= 15 is 0 Å². The molecule has 0 radical (unpaired) electrons. The SMILES string of the molecule is COc1ccc(C(=O)N2CCC(C(=O)N[C@@H](C)C3=CCCCC3)CC2)cc1. The van der Waals surface area contributed by atoms with Gasteiger partial charge in [-0.3, -0.25) is 9.59 Å². The second kappa shape index (κ2) is 9.07. The lowest BCUT2D eigenvalue weighted by Gasteiger charge is -2.32. The first-order valence-corrected chi connectivity index (χ1v) is 10.0. The Balaban J connectivity index is 1.49. The van der Waals surface area contributed by atoms with Crippen LogP contribution in [0.2, 0.25) is 0 Å². The van der Waals surface area contributed by atoms with E-state index in [1.165, 1.54) is 18.4 Å². The number of likely N-dealkylation sites (tertiary alicyclic amines) is 1. The van der Waals surface area contributed by atoms with Crippen LogP contribution in [0.5, 0.6) is 5.75 Å². The maximum Gasteiger partial charge on any atom is 0.253 e. The van der Waals surface area contributed by atoms with Crippen molar-refractivity contribution in [1.82, 2.24) is 10.2 Å². The Hall–Kier alpha value is -2.30. The van der Waals surface area contributed by atoms with Gasteiger partial charge in [-0.25, -0.2) is 0 Å². The molecule has 1 aromatic carbocycles. The standard InChI is InChI=1S/C22H30N2O3/c1-16(17-6-4-3-5-7-17)23-21(25)18-12-14-24(15-13-18)22(26)19-8-10-20(27-2)11-9-19/h6,8-11,16,18H,3-5,7,12-15H2,1-2H3,(H,23,25)/t16-/m0/s1. The number of hydrogen-bond acceptors (Lipinski definition) is 3. The first-order chi connectivity index (χ1) is 13.1. The number of rotatable bonds is 5. The van der Waals surface area contributed by atoms with Crippen LogP contribution >= 0.6 is 0 Å². The van der Waals surface area contributed by atoms with Crippen molar-refractivity contribution in [3.8, 4) is 5.75 Å². The smallest absolute Gasteiger partial charge is 0.253 e. The lowest BCUT2D eigenvalue weighted by Crippen LogP contribution is -2.45. The Labute approximate surface area is 161 Å². The van der Waals surface area contributed by atoms with Crippen molar-refractivity contribution in [2.24, 2.45) is 5.92 Å². The van der Waals surface area contributed by atoms with Gasteiger partial charge in [0.15, 0.2) is 0 Å². The third kappa shape index (κ3) is 4.90. The molecule has 0 aromatic heterocycles. The van der Waals surface area contributed by atoms with Crippen LogP contribution in [-0.4, -0.2) is 43.0 Å². The van der Waals surface area contributed by atoms with Crippen LogP contribution < -0.4 is 10.1 Å². The van der Waals surface area contributed by atoms with Crippen LogP contribution in [0.25, 0.3) is 0 Å². The third-order valence-corrected chi connectivity index (χ3v) is 5.73. The molecule has 2 aliphatic rings. The van der Waals surface area contributed by atoms with Gasteiger partial charge in [-0.2, -0.15) is 0 Å². The minimum absolute atomic E-state index is 0.00319. The maximum atomic E-state index is 12.6. The molecule has 5 heteroatoms. The minimum Gasteiger partial charge on any atom is -0.497 e. The molecule has 1 aromatic rings. The fraction of sp³-hybridized carbons (Fsp3) is 0.545. The summed E-state index contributed by atoms with van der Waals surface area (Å²) in [6, 6.07) is 7.31. The first-order valence-electron chi connectivity index (χ1n) is 10.0. The predicted octanol–water partition coefficient (Wildman–Crippen LogP) is 3.55. The molecule has 0 saturated carbocycles. The zero-order valence-corrected chi connectivity index (χ0v) is 16.4. The summed E-state index contributed by atoms with van der Waals surface area (Å²) in [6.45, 7) is 3.33. The quantitative estimate of drug-likeness (QED) is 0.807. The second-order valence-corrected chi connectivity index (χ2v) is 7.55. The summed E-state index contributed by atoms with van der Waals surface area (Å²) in [5.74, 6) is 0.892. The summed E-state index contributed by atoms with van der Waals surface area (Å²) in [4.78, 5) is 27.1. The number of benzene rings is 1. The van der Waals surface area contributed by atoms with E-state index in [-0.39, 0.29) is 23.8 Å². The van der Waals surface area contributed by atoms with E-state index < -0.39 is 0 Å². The van der Waals surface area contributed by atoms with Gasteiger partial charge in [0, 0.05) is 30.6 Å². The summed E-state index contributed by atoms with van der Waals surface area (Å²) in [5, 5.41) is 3.18. The molecule has 0 spiro atoms. The van der Waals surface area contributed by atoms with Gasteiger partial charge in [0.25, 0.3) is 5.91 Å². The molecular formula is C22H30N2O3. The average Bonchev–Trinajstić information content (AvgIpc) is 2.74. The second-order valence-electron chi connectivity index (χ2n) is 7.55. The topological polar surface area (TPSA) is 58.6 Å². The molecule has 146 valence electrons. The first kappa shape index (κ1) is 19.5. The molecule has 0 unspecified atom stereocenters. The van der Waals surface area contributed by atoms with Gasteiger partial charge < -0.3 is 15.0 Å². The number of ether oxygens (including phenoxy) is 1. The van der Waals surface area contributed by atoms with E-state index in [1.54, 1.807) is 31.4 Å². The Morgan fingerprint density at radius 1 is 1.15 bits per heavy atom. The number of allylic oxidation sites excluding steroid dienone is 1. The third-order valence-electron chi connectivity index (χ3n) is 5.73. The number of nitrogens with zero attached hydrogens (tertiary/aromatic N) is 1. The fourth-order valence-electron chi connectivity index (χ4n) is 3.94. The summed E-state index contributed by atoms with van der Waals surface area (Å²) in [5.41, 5.74) is 2.03. The van der Waals surface area contributed by atoms with Gasteiger partial charge in [0.2, 0.25) is 5.91 Å².